The van der Waals surface area contributed by atoms with Gasteiger partial charge in [-0.2, -0.15) is 0 Å². The molecule has 0 fully saturated rings. The largest absolute Gasteiger partial charge is 0.497 e. The summed E-state index contributed by atoms with van der Waals surface area (Å²) in [7, 11) is 1.65. The summed E-state index contributed by atoms with van der Waals surface area (Å²) in [5, 5.41) is 0. The van der Waals surface area contributed by atoms with Crippen LogP contribution in [0.15, 0.2) is 24.3 Å². The Hall–Kier alpha value is -1.51. The van der Waals surface area contributed by atoms with E-state index in [1.807, 2.05) is 29.2 Å². The van der Waals surface area contributed by atoms with Gasteiger partial charge in [-0.05, 0) is 37.5 Å². The fourth-order valence-corrected chi connectivity index (χ4v) is 2.20. The molecule has 0 saturated heterocycles. The van der Waals surface area contributed by atoms with Crippen molar-refractivity contribution in [2.75, 3.05) is 13.7 Å². The van der Waals surface area contributed by atoms with Gasteiger partial charge in [-0.3, -0.25) is 4.79 Å². The number of ether oxygens (including phenoxy) is 1. The maximum Gasteiger partial charge on any atom is 0.227 e. The number of methoxy groups -OCH3 is 1. The van der Waals surface area contributed by atoms with Crippen molar-refractivity contribution in [3.8, 4) is 5.75 Å². The molecular weight excluding hydrogens is 250 g/mol. The van der Waals surface area contributed by atoms with Crippen molar-refractivity contribution in [1.29, 1.82) is 0 Å². The number of hydrogen-bond donors (Lipinski definition) is 0. The van der Waals surface area contributed by atoms with Crippen LogP contribution >= 0.6 is 0 Å². The molecule has 0 bridgehead atoms. The summed E-state index contributed by atoms with van der Waals surface area (Å²) in [6.45, 7) is 7.26. The lowest BCUT2D eigenvalue weighted by molar-refractivity contribution is -0.132. The SMILES string of the molecule is CCCCN(C(=O)Cc1cccc(OC)c1)C(C)CC. The predicted molar refractivity (Wildman–Crippen MR) is 83.1 cm³/mol. The van der Waals surface area contributed by atoms with Gasteiger partial charge >= 0.3 is 0 Å². The highest BCUT2D eigenvalue weighted by Gasteiger charge is 2.18. The van der Waals surface area contributed by atoms with Crippen LogP contribution in [0, 0.1) is 0 Å². The minimum atomic E-state index is 0.209. The first kappa shape index (κ1) is 16.5. The molecule has 20 heavy (non-hydrogen) atoms. The Bertz CT molecular complexity index is 417. The number of rotatable bonds is 8. The number of carbonyl (C=O) groups is 1. The van der Waals surface area contributed by atoms with Gasteiger partial charge in [-0.1, -0.05) is 32.4 Å². The van der Waals surface area contributed by atoms with E-state index in [-0.39, 0.29) is 5.91 Å². The molecule has 0 saturated carbocycles. The van der Waals surface area contributed by atoms with Gasteiger partial charge in [0.1, 0.15) is 5.75 Å². The summed E-state index contributed by atoms with van der Waals surface area (Å²) in [5.74, 6) is 1.01. The van der Waals surface area contributed by atoms with Crippen LogP contribution in [0.25, 0.3) is 0 Å². The Morgan fingerprint density at radius 2 is 2.10 bits per heavy atom. The van der Waals surface area contributed by atoms with Crippen LogP contribution in [-0.2, 0) is 11.2 Å². The molecule has 1 unspecified atom stereocenters. The van der Waals surface area contributed by atoms with E-state index in [0.29, 0.717) is 12.5 Å². The van der Waals surface area contributed by atoms with Gasteiger partial charge in [-0.25, -0.2) is 0 Å². The highest BCUT2D eigenvalue weighted by Crippen LogP contribution is 2.15. The molecule has 1 amide bonds. The van der Waals surface area contributed by atoms with Gasteiger partial charge in [-0.15, -0.1) is 0 Å². The topological polar surface area (TPSA) is 29.5 Å². The van der Waals surface area contributed by atoms with E-state index in [1.165, 1.54) is 0 Å². The molecule has 0 N–H and O–H groups in total. The second kappa shape index (κ2) is 8.62. The summed E-state index contributed by atoms with van der Waals surface area (Å²) >= 11 is 0. The molecule has 1 rings (SSSR count). The van der Waals surface area contributed by atoms with E-state index in [4.69, 9.17) is 4.74 Å². The van der Waals surface area contributed by atoms with Crippen molar-refractivity contribution in [2.24, 2.45) is 0 Å². The summed E-state index contributed by atoms with van der Waals surface area (Å²) in [6.07, 6.45) is 3.62. The van der Waals surface area contributed by atoms with E-state index in [1.54, 1.807) is 7.11 Å². The van der Waals surface area contributed by atoms with E-state index in [0.717, 1.165) is 37.1 Å². The van der Waals surface area contributed by atoms with Crippen LogP contribution in [0.2, 0.25) is 0 Å². The highest BCUT2D eigenvalue weighted by molar-refractivity contribution is 5.79. The molecule has 0 radical (unpaired) electrons. The highest BCUT2D eigenvalue weighted by atomic mass is 16.5. The maximum atomic E-state index is 12.5. The minimum absolute atomic E-state index is 0.209. The van der Waals surface area contributed by atoms with Crippen molar-refractivity contribution >= 4 is 5.91 Å². The quantitative estimate of drug-likeness (QED) is 0.725. The predicted octanol–water partition coefficient (Wildman–Crippen LogP) is 3.66. The molecule has 1 atom stereocenters. The fraction of sp³-hybridized carbons (Fsp3) is 0.588. The van der Waals surface area contributed by atoms with Gasteiger partial charge < -0.3 is 9.64 Å². The molecule has 0 heterocycles. The third-order valence-electron chi connectivity index (χ3n) is 3.69. The Balaban J connectivity index is 2.73. The van der Waals surface area contributed by atoms with Crippen LogP contribution in [0.1, 0.15) is 45.6 Å². The van der Waals surface area contributed by atoms with E-state index in [9.17, 15) is 4.79 Å². The zero-order valence-corrected chi connectivity index (χ0v) is 13.2. The van der Waals surface area contributed by atoms with Gasteiger partial charge in [0.15, 0.2) is 0 Å². The summed E-state index contributed by atoms with van der Waals surface area (Å²) < 4.78 is 5.21. The monoisotopic (exact) mass is 277 g/mol. The first-order valence-electron chi connectivity index (χ1n) is 7.54. The summed E-state index contributed by atoms with van der Waals surface area (Å²) in [6, 6.07) is 8.06. The Morgan fingerprint density at radius 1 is 1.35 bits per heavy atom. The Kier molecular flexibility index (Phi) is 7.13. The van der Waals surface area contributed by atoms with Crippen molar-refractivity contribution in [2.45, 2.75) is 52.5 Å². The molecule has 112 valence electrons. The Morgan fingerprint density at radius 3 is 2.70 bits per heavy atom. The van der Waals surface area contributed by atoms with Crippen LogP contribution in [0.5, 0.6) is 5.75 Å². The van der Waals surface area contributed by atoms with Gasteiger partial charge in [0.25, 0.3) is 0 Å². The zero-order chi connectivity index (χ0) is 15.0. The molecule has 3 heteroatoms. The first-order chi connectivity index (χ1) is 9.62. The summed E-state index contributed by atoms with van der Waals surface area (Å²) in [4.78, 5) is 14.5. The van der Waals surface area contributed by atoms with Crippen LogP contribution in [0.3, 0.4) is 0 Å². The van der Waals surface area contributed by atoms with Crippen molar-refractivity contribution in [3.63, 3.8) is 0 Å². The molecule has 1 aromatic carbocycles. The third-order valence-corrected chi connectivity index (χ3v) is 3.69. The first-order valence-corrected chi connectivity index (χ1v) is 7.54. The van der Waals surface area contributed by atoms with Crippen LogP contribution in [-0.4, -0.2) is 30.5 Å². The molecule has 0 aliphatic carbocycles. The molecule has 0 aromatic heterocycles. The maximum absolute atomic E-state index is 12.5. The average molecular weight is 277 g/mol. The number of benzene rings is 1. The molecule has 3 nitrogen and oxygen atoms in total. The van der Waals surface area contributed by atoms with Crippen LogP contribution in [0.4, 0.5) is 0 Å². The van der Waals surface area contributed by atoms with Gasteiger partial charge in [0.2, 0.25) is 5.91 Å². The summed E-state index contributed by atoms with van der Waals surface area (Å²) in [5.41, 5.74) is 1.01. The lowest BCUT2D eigenvalue weighted by atomic mass is 10.1. The van der Waals surface area contributed by atoms with Gasteiger partial charge in [0.05, 0.1) is 13.5 Å². The van der Waals surface area contributed by atoms with E-state index >= 15 is 0 Å². The number of hydrogen-bond acceptors (Lipinski definition) is 2. The third kappa shape index (κ3) is 4.87. The lowest BCUT2D eigenvalue weighted by Gasteiger charge is -2.28. The smallest absolute Gasteiger partial charge is 0.227 e. The normalized spacial score (nSPS) is 12.0. The van der Waals surface area contributed by atoms with Crippen molar-refractivity contribution in [1.82, 2.24) is 4.90 Å². The Labute approximate surface area is 122 Å². The zero-order valence-electron chi connectivity index (χ0n) is 13.2. The molecule has 0 aliphatic heterocycles. The molecule has 0 aliphatic rings. The van der Waals surface area contributed by atoms with Gasteiger partial charge in [0, 0.05) is 12.6 Å². The molecule has 0 spiro atoms. The number of nitrogens with zero attached hydrogens (tertiary/aromatic N) is 1. The van der Waals surface area contributed by atoms with Crippen LogP contribution < -0.4 is 4.74 Å². The van der Waals surface area contributed by atoms with Crippen molar-refractivity contribution in [3.05, 3.63) is 29.8 Å². The number of unbranched alkanes of at least 4 members (excludes halogenated alkanes) is 1. The second-order valence-corrected chi connectivity index (χ2v) is 5.23. The van der Waals surface area contributed by atoms with E-state index in [2.05, 4.69) is 20.8 Å². The average Bonchev–Trinajstić information content (AvgIpc) is 2.47. The second-order valence-electron chi connectivity index (χ2n) is 5.23. The number of carbonyl (C=O) groups excluding carboxylic acids is 1. The van der Waals surface area contributed by atoms with E-state index < -0.39 is 0 Å². The fourth-order valence-electron chi connectivity index (χ4n) is 2.20. The molecular formula is C17H27NO2. The lowest BCUT2D eigenvalue weighted by Crippen LogP contribution is -2.40. The minimum Gasteiger partial charge on any atom is -0.497 e. The standard InChI is InChI=1S/C17H27NO2/c1-5-7-11-18(14(3)6-2)17(19)13-15-9-8-10-16(12-15)20-4/h8-10,12,14H,5-7,11,13H2,1-4H3. The van der Waals surface area contributed by atoms with Crippen molar-refractivity contribution < 1.29 is 9.53 Å². The molecule has 1 aromatic rings. The number of amides is 1.